The Hall–Kier alpha value is -3.98. The normalized spacial score (nSPS) is 15.7. The number of carboxylic acid groups (broad SMARTS) is 1. The van der Waals surface area contributed by atoms with Crippen LogP contribution in [0.3, 0.4) is 0 Å². The molecule has 4 heterocycles. The van der Waals surface area contributed by atoms with Gasteiger partial charge in [-0.05, 0) is 82.5 Å². The van der Waals surface area contributed by atoms with E-state index in [2.05, 4.69) is 23.7 Å². The van der Waals surface area contributed by atoms with Gasteiger partial charge in [0.25, 0.3) is 5.91 Å². The summed E-state index contributed by atoms with van der Waals surface area (Å²) < 4.78 is 16.4. The molecule has 220 valence electrons. The van der Waals surface area contributed by atoms with Crippen molar-refractivity contribution < 1.29 is 19.1 Å². The van der Waals surface area contributed by atoms with Crippen LogP contribution in [0.1, 0.15) is 72.3 Å². The summed E-state index contributed by atoms with van der Waals surface area (Å²) in [6.45, 7) is 13.2. The molecule has 1 aromatic carbocycles. The Bertz CT molecular complexity index is 1690. The number of anilines is 1. The van der Waals surface area contributed by atoms with Crippen LogP contribution in [0, 0.1) is 19.7 Å². The highest BCUT2D eigenvalue weighted by Gasteiger charge is 2.38. The summed E-state index contributed by atoms with van der Waals surface area (Å²) in [6.07, 6.45) is 2.82. The minimum atomic E-state index is -0.990. The Morgan fingerprint density at radius 1 is 1.12 bits per heavy atom. The van der Waals surface area contributed by atoms with Crippen LogP contribution >= 0.6 is 11.6 Å². The molecular weight excluding hydrogens is 557 g/mol. The molecule has 1 N–H and O–H groups in total. The largest absolute Gasteiger partial charge is 0.478 e. The van der Waals surface area contributed by atoms with Crippen molar-refractivity contribution in [2.45, 2.75) is 59.5 Å². The number of rotatable bonds is 6. The lowest BCUT2D eigenvalue weighted by Crippen LogP contribution is -2.61. The van der Waals surface area contributed by atoms with Gasteiger partial charge in [0.15, 0.2) is 0 Å². The lowest BCUT2D eigenvalue weighted by Gasteiger charge is -2.47. The number of carboxylic acids is 1. The second-order valence-electron chi connectivity index (χ2n) is 11.7. The Labute approximate surface area is 249 Å². The first kappa shape index (κ1) is 29.5. The second kappa shape index (κ2) is 11.0. The van der Waals surface area contributed by atoms with Crippen LogP contribution in [-0.2, 0) is 0 Å². The zero-order chi connectivity index (χ0) is 30.5. The van der Waals surface area contributed by atoms with Crippen molar-refractivity contribution >= 4 is 40.3 Å². The molecular formula is C32H35ClFN5O3. The smallest absolute Gasteiger partial charge is 0.337 e. The number of amides is 1. The molecule has 10 heteroatoms. The fourth-order valence-electron chi connectivity index (χ4n) is 5.83. The predicted octanol–water partition coefficient (Wildman–Crippen LogP) is 6.92. The van der Waals surface area contributed by atoms with Gasteiger partial charge >= 0.3 is 5.97 Å². The topological polar surface area (TPSA) is 91.6 Å². The quantitative estimate of drug-likeness (QED) is 0.262. The van der Waals surface area contributed by atoms with E-state index >= 15 is 0 Å². The zero-order valence-electron chi connectivity index (χ0n) is 24.7. The Kier molecular flexibility index (Phi) is 7.74. The van der Waals surface area contributed by atoms with E-state index in [4.69, 9.17) is 16.6 Å². The monoisotopic (exact) mass is 591 g/mol. The third kappa shape index (κ3) is 5.22. The van der Waals surface area contributed by atoms with E-state index in [-0.39, 0.29) is 22.5 Å². The van der Waals surface area contributed by atoms with Gasteiger partial charge in [-0.15, -0.1) is 0 Å². The van der Waals surface area contributed by atoms with Gasteiger partial charge in [0, 0.05) is 42.8 Å². The first-order chi connectivity index (χ1) is 19.8. The molecule has 0 spiro atoms. The van der Waals surface area contributed by atoms with Gasteiger partial charge in [0.2, 0.25) is 0 Å². The summed E-state index contributed by atoms with van der Waals surface area (Å²) in [7, 11) is 0. The number of aromatic nitrogens is 3. The Morgan fingerprint density at radius 3 is 2.48 bits per heavy atom. The maximum Gasteiger partial charge on any atom is 0.337 e. The minimum absolute atomic E-state index is 0.0662. The molecule has 1 aliphatic rings. The van der Waals surface area contributed by atoms with Gasteiger partial charge in [0.1, 0.15) is 23.0 Å². The first-order valence-corrected chi connectivity index (χ1v) is 14.5. The van der Waals surface area contributed by atoms with Crippen LogP contribution in [0.4, 0.5) is 10.2 Å². The maximum atomic E-state index is 14.3. The number of benzene rings is 1. The molecule has 0 aliphatic carbocycles. The third-order valence-corrected chi connectivity index (χ3v) is 8.57. The van der Waals surface area contributed by atoms with Crippen LogP contribution in [0.2, 0.25) is 5.02 Å². The van der Waals surface area contributed by atoms with Crippen LogP contribution in [0.5, 0.6) is 0 Å². The van der Waals surface area contributed by atoms with Crippen LogP contribution in [0.15, 0.2) is 42.6 Å². The van der Waals surface area contributed by atoms with Crippen LogP contribution in [-0.4, -0.2) is 61.6 Å². The van der Waals surface area contributed by atoms with Gasteiger partial charge in [0.05, 0.1) is 21.8 Å². The van der Waals surface area contributed by atoms with Gasteiger partial charge in [-0.1, -0.05) is 24.6 Å². The Balaban J connectivity index is 1.46. The van der Waals surface area contributed by atoms with Crippen molar-refractivity contribution in [2.24, 2.45) is 0 Å². The summed E-state index contributed by atoms with van der Waals surface area (Å²) in [5.74, 6) is -0.944. The zero-order valence-corrected chi connectivity index (χ0v) is 25.5. The molecule has 42 heavy (non-hydrogen) atoms. The van der Waals surface area contributed by atoms with Crippen molar-refractivity contribution in [2.75, 3.05) is 24.5 Å². The number of pyridine rings is 2. The van der Waals surface area contributed by atoms with E-state index in [0.29, 0.717) is 53.6 Å². The van der Waals surface area contributed by atoms with Crippen molar-refractivity contribution in [1.29, 1.82) is 0 Å². The number of aromatic carboxylic acids is 1. The number of piperazine rings is 1. The molecule has 0 bridgehead atoms. The maximum absolute atomic E-state index is 14.3. The number of aryl methyl sites for hydroxylation is 2. The SMILES string of the molecule is CC[C@H](C)n1cc(-c2ccc(Cl)c(F)c2)c2ccc(C(=O)N3CCN(c4cc(C)c(C(=O)O)c(C)n4)CC3(C)C)nc21. The summed E-state index contributed by atoms with van der Waals surface area (Å²) in [5.41, 5.74) is 3.33. The minimum Gasteiger partial charge on any atom is -0.478 e. The molecule has 4 aromatic rings. The number of hydrogen-bond acceptors (Lipinski definition) is 5. The molecule has 0 saturated carbocycles. The molecule has 5 rings (SSSR count). The molecule has 1 aliphatic heterocycles. The molecule has 1 saturated heterocycles. The average molecular weight is 592 g/mol. The third-order valence-electron chi connectivity index (χ3n) is 8.26. The van der Waals surface area contributed by atoms with E-state index in [0.717, 1.165) is 17.4 Å². The fraction of sp³-hybridized carbons (Fsp3) is 0.375. The molecule has 3 aromatic heterocycles. The van der Waals surface area contributed by atoms with Gasteiger partial charge in [-0.3, -0.25) is 4.79 Å². The number of halogens is 2. The lowest BCUT2D eigenvalue weighted by molar-refractivity contribution is 0.0507. The van der Waals surface area contributed by atoms with Crippen molar-refractivity contribution in [3.8, 4) is 11.1 Å². The van der Waals surface area contributed by atoms with Crippen LogP contribution in [0.25, 0.3) is 22.2 Å². The van der Waals surface area contributed by atoms with E-state index in [1.54, 1.807) is 38.1 Å². The second-order valence-corrected chi connectivity index (χ2v) is 12.1. The van der Waals surface area contributed by atoms with E-state index in [9.17, 15) is 19.1 Å². The average Bonchev–Trinajstić information content (AvgIpc) is 3.31. The molecule has 1 fully saturated rings. The summed E-state index contributed by atoms with van der Waals surface area (Å²) in [5, 5.41) is 10.4. The predicted molar refractivity (Wildman–Crippen MR) is 163 cm³/mol. The van der Waals surface area contributed by atoms with Gasteiger partial charge < -0.3 is 19.5 Å². The number of carbonyl (C=O) groups excluding carboxylic acids is 1. The summed E-state index contributed by atoms with van der Waals surface area (Å²) >= 11 is 5.93. The van der Waals surface area contributed by atoms with E-state index in [1.807, 2.05) is 35.6 Å². The van der Waals surface area contributed by atoms with E-state index in [1.165, 1.54) is 6.07 Å². The molecule has 1 amide bonds. The van der Waals surface area contributed by atoms with Crippen LogP contribution < -0.4 is 4.90 Å². The molecule has 1 atom stereocenters. The van der Waals surface area contributed by atoms with Gasteiger partial charge in [-0.2, -0.15) is 0 Å². The number of nitrogens with zero attached hydrogens (tertiary/aromatic N) is 5. The lowest BCUT2D eigenvalue weighted by atomic mass is 9.97. The van der Waals surface area contributed by atoms with E-state index < -0.39 is 17.3 Å². The fourth-order valence-corrected chi connectivity index (χ4v) is 5.95. The highest BCUT2D eigenvalue weighted by molar-refractivity contribution is 6.30. The van der Waals surface area contributed by atoms with Gasteiger partial charge in [-0.25, -0.2) is 19.2 Å². The van der Waals surface area contributed by atoms with Crippen molar-refractivity contribution in [3.63, 3.8) is 0 Å². The summed E-state index contributed by atoms with van der Waals surface area (Å²) in [6, 6.07) is 10.3. The highest BCUT2D eigenvalue weighted by Crippen LogP contribution is 2.35. The molecule has 0 unspecified atom stereocenters. The number of carbonyl (C=O) groups is 2. The van der Waals surface area contributed by atoms with Crippen molar-refractivity contribution in [1.82, 2.24) is 19.4 Å². The first-order valence-electron chi connectivity index (χ1n) is 14.1. The molecule has 0 radical (unpaired) electrons. The Morgan fingerprint density at radius 2 is 1.86 bits per heavy atom. The number of fused-ring (bicyclic) bond motifs is 1. The molecule has 8 nitrogen and oxygen atoms in total. The standard InChI is InChI=1S/C32H35ClFN5O3/c1-7-19(3)38-16-23(21-8-10-24(33)25(34)15-21)22-9-11-26(36-29(22)38)30(40)39-13-12-37(17-32(39,5)6)27-14-18(2)28(31(41)42)20(4)35-27/h8-11,14-16,19H,7,12-13,17H2,1-6H3,(H,41,42)/t19-/m0/s1. The highest BCUT2D eigenvalue weighted by atomic mass is 35.5. The van der Waals surface area contributed by atoms with Crippen molar-refractivity contribution in [3.05, 3.63) is 75.9 Å². The number of hydrogen-bond donors (Lipinski definition) is 1. The summed E-state index contributed by atoms with van der Waals surface area (Å²) in [4.78, 5) is 38.9.